The van der Waals surface area contributed by atoms with E-state index in [1.807, 2.05) is 0 Å². The topological polar surface area (TPSA) is 20.2 Å². The molecule has 2 fully saturated rings. The molecule has 1 heteroatoms. The molecule has 0 aliphatic heterocycles. The van der Waals surface area contributed by atoms with Crippen molar-refractivity contribution in [3.05, 3.63) is 0 Å². The lowest BCUT2D eigenvalue weighted by molar-refractivity contribution is 0.0126. The summed E-state index contributed by atoms with van der Waals surface area (Å²) in [6, 6.07) is 0. The van der Waals surface area contributed by atoms with Gasteiger partial charge in [0.2, 0.25) is 0 Å². The Bertz CT molecular complexity index is 207. The highest BCUT2D eigenvalue weighted by atomic mass is 16.3. The van der Waals surface area contributed by atoms with E-state index in [0.29, 0.717) is 5.41 Å². The van der Waals surface area contributed by atoms with E-state index in [2.05, 4.69) is 34.6 Å². The zero-order valence-electron chi connectivity index (χ0n) is 11.1. The quantitative estimate of drug-likeness (QED) is 0.696. The highest BCUT2D eigenvalue weighted by Crippen LogP contribution is 2.65. The molecule has 0 spiro atoms. The van der Waals surface area contributed by atoms with Gasteiger partial charge in [-0.2, -0.15) is 0 Å². The fraction of sp³-hybridized carbons (Fsp3) is 1.00. The van der Waals surface area contributed by atoms with Crippen molar-refractivity contribution in [3.8, 4) is 0 Å². The summed E-state index contributed by atoms with van der Waals surface area (Å²) >= 11 is 0. The fourth-order valence-electron chi connectivity index (χ4n) is 3.16. The molecule has 2 bridgehead atoms. The van der Waals surface area contributed by atoms with Gasteiger partial charge in [0.1, 0.15) is 0 Å². The molecule has 0 heterocycles. The van der Waals surface area contributed by atoms with Crippen LogP contribution < -0.4 is 0 Å². The average Bonchev–Trinajstić information content (AvgIpc) is 2.51. The summed E-state index contributed by atoms with van der Waals surface area (Å²) < 4.78 is 0. The third kappa shape index (κ3) is 1.95. The number of aliphatic hydroxyl groups excluding tert-OH is 1. The second-order valence-electron chi connectivity index (χ2n) is 6.13. The summed E-state index contributed by atoms with van der Waals surface area (Å²) in [6.07, 6.45) is 6.21. The molecular weight excluding hydrogens is 184 g/mol. The van der Waals surface area contributed by atoms with E-state index < -0.39 is 0 Å². The van der Waals surface area contributed by atoms with Crippen molar-refractivity contribution in [1.29, 1.82) is 0 Å². The Balaban J connectivity index is 0.000000245. The molecule has 90 valence electrons. The van der Waals surface area contributed by atoms with E-state index >= 15 is 0 Å². The van der Waals surface area contributed by atoms with Crippen molar-refractivity contribution in [2.45, 2.75) is 72.8 Å². The lowest BCUT2D eigenvalue weighted by Crippen LogP contribution is -2.35. The first kappa shape index (κ1) is 13.0. The summed E-state index contributed by atoms with van der Waals surface area (Å²) in [5.74, 6) is 0.780. The van der Waals surface area contributed by atoms with Gasteiger partial charge < -0.3 is 5.11 Å². The van der Waals surface area contributed by atoms with E-state index in [1.165, 1.54) is 25.7 Å². The van der Waals surface area contributed by atoms with Gasteiger partial charge in [0, 0.05) is 0 Å². The van der Waals surface area contributed by atoms with Crippen LogP contribution in [0.25, 0.3) is 0 Å². The zero-order chi connectivity index (χ0) is 11.7. The standard InChI is InChI=1S/C10H18O.C4H10/c1-9(2)7-4-5-10(9,3)8(11)6-7;1-3-4-2/h7-8,11H,4-6H2,1-3H3;3-4H2,1-2H3/t7-,8+,10-;/m1./s1. The number of rotatable bonds is 1. The molecule has 3 atom stereocenters. The van der Waals surface area contributed by atoms with Crippen LogP contribution in [0.2, 0.25) is 0 Å². The molecular formula is C14H28O. The minimum atomic E-state index is -0.0313. The molecule has 0 aromatic rings. The Morgan fingerprint density at radius 1 is 1.13 bits per heavy atom. The molecule has 2 rings (SSSR count). The molecule has 2 aliphatic rings. The molecule has 0 radical (unpaired) electrons. The first-order valence-corrected chi connectivity index (χ1v) is 6.58. The molecule has 15 heavy (non-hydrogen) atoms. The van der Waals surface area contributed by atoms with Crippen molar-refractivity contribution < 1.29 is 5.11 Å². The maximum Gasteiger partial charge on any atom is 0.0601 e. The van der Waals surface area contributed by atoms with Crippen LogP contribution in [-0.4, -0.2) is 11.2 Å². The van der Waals surface area contributed by atoms with Gasteiger partial charge in [0.05, 0.1) is 6.10 Å². The van der Waals surface area contributed by atoms with Gasteiger partial charge >= 0.3 is 0 Å². The minimum absolute atomic E-state index is 0.0313. The highest BCUT2D eigenvalue weighted by molar-refractivity contribution is 5.10. The Morgan fingerprint density at radius 3 is 1.80 bits per heavy atom. The zero-order valence-corrected chi connectivity index (χ0v) is 11.1. The van der Waals surface area contributed by atoms with Crippen LogP contribution >= 0.6 is 0 Å². The van der Waals surface area contributed by atoms with Gasteiger partial charge in [-0.15, -0.1) is 0 Å². The molecule has 2 saturated carbocycles. The van der Waals surface area contributed by atoms with Gasteiger partial charge in [-0.1, -0.05) is 47.5 Å². The molecule has 1 nitrogen and oxygen atoms in total. The van der Waals surface area contributed by atoms with E-state index in [-0.39, 0.29) is 11.5 Å². The van der Waals surface area contributed by atoms with Crippen LogP contribution in [0.1, 0.15) is 66.7 Å². The highest BCUT2D eigenvalue weighted by Gasteiger charge is 2.60. The maximum absolute atomic E-state index is 9.81. The summed E-state index contributed by atoms with van der Waals surface area (Å²) in [7, 11) is 0. The number of unbranched alkanes of at least 4 members (excludes halogenated alkanes) is 1. The van der Waals surface area contributed by atoms with Crippen LogP contribution in [-0.2, 0) is 0 Å². The van der Waals surface area contributed by atoms with Crippen LogP contribution in [0.3, 0.4) is 0 Å². The Morgan fingerprint density at radius 2 is 1.67 bits per heavy atom. The van der Waals surface area contributed by atoms with Crippen LogP contribution in [0, 0.1) is 16.7 Å². The summed E-state index contributed by atoms with van der Waals surface area (Å²) in [5, 5.41) is 9.81. The number of hydrogen-bond donors (Lipinski definition) is 1. The van der Waals surface area contributed by atoms with E-state index in [9.17, 15) is 5.11 Å². The lowest BCUT2D eigenvalue weighted by atomic mass is 9.70. The van der Waals surface area contributed by atoms with Crippen molar-refractivity contribution in [2.24, 2.45) is 16.7 Å². The maximum atomic E-state index is 9.81. The fourth-order valence-corrected chi connectivity index (χ4v) is 3.16. The van der Waals surface area contributed by atoms with Gasteiger partial charge in [0.25, 0.3) is 0 Å². The summed E-state index contributed by atoms with van der Waals surface area (Å²) in [5.41, 5.74) is 0.601. The summed E-state index contributed by atoms with van der Waals surface area (Å²) in [4.78, 5) is 0. The molecule has 0 aromatic heterocycles. The van der Waals surface area contributed by atoms with Crippen LogP contribution in [0.15, 0.2) is 0 Å². The largest absolute Gasteiger partial charge is 0.393 e. The Hall–Kier alpha value is -0.0400. The molecule has 2 aliphatic carbocycles. The minimum Gasteiger partial charge on any atom is -0.393 e. The van der Waals surface area contributed by atoms with Crippen molar-refractivity contribution >= 4 is 0 Å². The third-order valence-corrected chi connectivity index (χ3v) is 5.25. The normalized spacial score (nSPS) is 41.2. The second kappa shape index (κ2) is 4.45. The second-order valence-corrected chi connectivity index (χ2v) is 6.13. The van der Waals surface area contributed by atoms with Crippen molar-refractivity contribution in [3.63, 3.8) is 0 Å². The third-order valence-electron chi connectivity index (χ3n) is 5.25. The number of aliphatic hydroxyl groups is 1. The first-order valence-electron chi connectivity index (χ1n) is 6.58. The Labute approximate surface area is 95.3 Å². The van der Waals surface area contributed by atoms with Crippen molar-refractivity contribution in [2.75, 3.05) is 0 Å². The average molecular weight is 212 g/mol. The predicted octanol–water partition coefficient (Wildman–Crippen LogP) is 4.00. The molecule has 1 N–H and O–H groups in total. The summed E-state index contributed by atoms with van der Waals surface area (Å²) in [6.45, 7) is 11.3. The van der Waals surface area contributed by atoms with Gasteiger partial charge in [-0.3, -0.25) is 0 Å². The van der Waals surface area contributed by atoms with Crippen molar-refractivity contribution in [1.82, 2.24) is 0 Å². The molecule has 0 aromatic carbocycles. The van der Waals surface area contributed by atoms with Crippen LogP contribution in [0.5, 0.6) is 0 Å². The van der Waals surface area contributed by atoms with E-state index in [1.54, 1.807) is 0 Å². The van der Waals surface area contributed by atoms with Crippen LogP contribution in [0.4, 0.5) is 0 Å². The Kier molecular flexibility index (Phi) is 3.86. The van der Waals surface area contributed by atoms with Gasteiger partial charge in [-0.25, -0.2) is 0 Å². The molecule has 0 amide bonds. The predicted molar refractivity (Wildman–Crippen MR) is 65.8 cm³/mol. The van der Waals surface area contributed by atoms with Gasteiger partial charge in [0.15, 0.2) is 0 Å². The molecule has 0 unspecified atom stereocenters. The van der Waals surface area contributed by atoms with E-state index in [0.717, 1.165) is 12.3 Å². The SMILES string of the molecule is CC1(C)[C@@H]2CC[C@]1(C)[C@@H](O)C2.CCCC. The molecule has 0 saturated heterocycles. The smallest absolute Gasteiger partial charge is 0.0601 e. The monoisotopic (exact) mass is 212 g/mol. The van der Waals surface area contributed by atoms with Gasteiger partial charge in [-0.05, 0) is 36.0 Å². The lowest BCUT2D eigenvalue weighted by Gasteiger charge is -2.36. The number of hydrogen-bond acceptors (Lipinski definition) is 1. The van der Waals surface area contributed by atoms with E-state index in [4.69, 9.17) is 0 Å². The first-order chi connectivity index (χ1) is 6.90. The number of fused-ring (bicyclic) bond motifs is 2.